The number of carbonyl (C=O) groups excluding carboxylic acids is 3. The Morgan fingerprint density at radius 1 is 1.33 bits per heavy atom. The number of fused-ring (bicyclic) bond motifs is 1. The van der Waals surface area contributed by atoms with Gasteiger partial charge in [-0.3, -0.25) is 19.7 Å². The van der Waals surface area contributed by atoms with Crippen LogP contribution in [0.4, 0.5) is 0 Å². The molecule has 108 valence electrons. The fourth-order valence-electron chi connectivity index (χ4n) is 2.19. The van der Waals surface area contributed by atoms with Gasteiger partial charge in [0.25, 0.3) is 5.91 Å². The van der Waals surface area contributed by atoms with Gasteiger partial charge in [-0.15, -0.1) is 0 Å². The molecular weight excluding hydrogens is 340 g/mol. The topological polar surface area (TPSA) is 88.4 Å². The van der Waals surface area contributed by atoms with Crippen LogP contribution in [0.2, 0.25) is 0 Å². The van der Waals surface area contributed by atoms with Crippen LogP contribution < -0.4 is 10.6 Å². The molecule has 1 aromatic carbocycles. The highest BCUT2D eigenvalue weighted by Gasteiger charge is 2.28. The van der Waals surface area contributed by atoms with E-state index in [0.717, 1.165) is 9.86 Å². The van der Waals surface area contributed by atoms with Gasteiger partial charge in [-0.05, 0) is 30.7 Å². The highest BCUT2D eigenvalue weighted by atomic mass is 79.9. The van der Waals surface area contributed by atoms with E-state index in [4.69, 9.17) is 4.42 Å². The maximum Gasteiger partial charge on any atom is 0.287 e. The van der Waals surface area contributed by atoms with Crippen molar-refractivity contribution < 1.29 is 18.8 Å². The van der Waals surface area contributed by atoms with Gasteiger partial charge >= 0.3 is 0 Å². The van der Waals surface area contributed by atoms with Gasteiger partial charge < -0.3 is 9.73 Å². The number of amides is 3. The maximum atomic E-state index is 12.1. The number of carbonyl (C=O) groups is 3. The number of rotatable bonds is 2. The lowest BCUT2D eigenvalue weighted by atomic mass is 10.1. The number of furan rings is 1. The summed E-state index contributed by atoms with van der Waals surface area (Å²) < 4.78 is 6.33. The Balaban J connectivity index is 1.77. The monoisotopic (exact) mass is 350 g/mol. The lowest BCUT2D eigenvalue weighted by molar-refractivity contribution is -0.134. The minimum atomic E-state index is -0.713. The minimum Gasteiger partial charge on any atom is -0.451 e. The zero-order valence-corrected chi connectivity index (χ0v) is 12.4. The quantitative estimate of drug-likeness (QED) is 0.807. The predicted molar refractivity (Wildman–Crippen MR) is 77.6 cm³/mol. The van der Waals surface area contributed by atoms with E-state index in [2.05, 4.69) is 26.6 Å². The Labute approximate surface area is 128 Å². The second-order valence-electron chi connectivity index (χ2n) is 4.77. The molecule has 1 aliphatic rings. The van der Waals surface area contributed by atoms with Gasteiger partial charge in [-0.2, -0.15) is 0 Å². The normalized spacial score (nSPS) is 18.6. The Morgan fingerprint density at radius 2 is 2.14 bits per heavy atom. The molecule has 1 saturated heterocycles. The van der Waals surface area contributed by atoms with Crippen molar-refractivity contribution in [2.75, 3.05) is 0 Å². The van der Waals surface area contributed by atoms with Gasteiger partial charge in [-0.25, -0.2) is 0 Å². The highest BCUT2D eigenvalue weighted by Crippen LogP contribution is 2.23. The first kappa shape index (κ1) is 13.8. The maximum absolute atomic E-state index is 12.1. The molecule has 21 heavy (non-hydrogen) atoms. The van der Waals surface area contributed by atoms with Crippen molar-refractivity contribution in [3.05, 3.63) is 34.5 Å². The van der Waals surface area contributed by atoms with Crippen LogP contribution in [0.5, 0.6) is 0 Å². The molecule has 1 unspecified atom stereocenters. The van der Waals surface area contributed by atoms with Crippen molar-refractivity contribution in [3.63, 3.8) is 0 Å². The van der Waals surface area contributed by atoms with Gasteiger partial charge in [0, 0.05) is 16.3 Å². The number of imide groups is 1. The number of benzene rings is 1. The van der Waals surface area contributed by atoms with E-state index in [9.17, 15) is 14.4 Å². The third-order valence-corrected chi connectivity index (χ3v) is 3.74. The summed E-state index contributed by atoms with van der Waals surface area (Å²) in [5.41, 5.74) is 0.589. The van der Waals surface area contributed by atoms with Crippen LogP contribution in [-0.4, -0.2) is 23.8 Å². The molecule has 0 radical (unpaired) electrons. The average molecular weight is 351 g/mol. The number of hydrogen-bond acceptors (Lipinski definition) is 4. The molecule has 0 saturated carbocycles. The molecule has 0 aliphatic carbocycles. The molecule has 2 N–H and O–H groups in total. The van der Waals surface area contributed by atoms with E-state index < -0.39 is 17.9 Å². The van der Waals surface area contributed by atoms with Gasteiger partial charge in [0.2, 0.25) is 11.8 Å². The molecule has 0 spiro atoms. The van der Waals surface area contributed by atoms with E-state index in [1.54, 1.807) is 12.1 Å². The zero-order chi connectivity index (χ0) is 15.0. The molecule has 7 heteroatoms. The lowest BCUT2D eigenvalue weighted by Crippen LogP contribution is -2.52. The van der Waals surface area contributed by atoms with E-state index in [-0.39, 0.29) is 18.1 Å². The molecule has 1 atom stereocenters. The second-order valence-corrected chi connectivity index (χ2v) is 5.69. The summed E-state index contributed by atoms with van der Waals surface area (Å²) in [4.78, 5) is 34.8. The average Bonchev–Trinajstić information content (AvgIpc) is 2.85. The van der Waals surface area contributed by atoms with Crippen molar-refractivity contribution in [2.45, 2.75) is 18.9 Å². The van der Waals surface area contributed by atoms with Crippen LogP contribution in [0.15, 0.2) is 33.2 Å². The van der Waals surface area contributed by atoms with Crippen LogP contribution in [0.3, 0.4) is 0 Å². The van der Waals surface area contributed by atoms with Gasteiger partial charge in [0.05, 0.1) is 0 Å². The minimum absolute atomic E-state index is 0.132. The molecule has 2 aromatic rings. The van der Waals surface area contributed by atoms with Crippen LogP contribution in [-0.2, 0) is 9.59 Å². The predicted octanol–water partition coefficient (Wildman–Crippen LogP) is 1.73. The Morgan fingerprint density at radius 3 is 2.90 bits per heavy atom. The smallest absolute Gasteiger partial charge is 0.287 e. The molecule has 2 heterocycles. The fourth-order valence-corrected chi connectivity index (χ4v) is 2.57. The molecule has 6 nitrogen and oxygen atoms in total. The summed E-state index contributed by atoms with van der Waals surface area (Å²) in [6, 6.07) is 6.30. The third kappa shape index (κ3) is 2.82. The van der Waals surface area contributed by atoms with Gasteiger partial charge in [-0.1, -0.05) is 15.9 Å². The Kier molecular flexibility index (Phi) is 3.50. The van der Waals surface area contributed by atoms with Gasteiger partial charge in [0.1, 0.15) is 11.6 Å². The van der Waals surface area contributed by atoms with E-state index in [1.807, 2.05) is 12.1 Å². The zero-order valence-electron chi connectivity index (χ0n) is 10.8. The van der Waals surface area contributed by atoms with Crippen molar-refractivity contribution in [1.29, 1.82) is 0 Å². The van der Waals surface area contributed by atoms with E-state index in [1.165, 1.54) is 0 Å². The summed E-state index contributed by atoms with van der Waals surface area (Å²) in [7, 11) is 0. The number of hydrogen-bond donors (Lipinski definition) is 2. The van der Waals surface area contributed by atoms with Crippen LogP contribution in [0.25, 0.3) is 11.0 Å². The fraction of sp³-hybridized carbons (Fsp3) is 0.214. The van der Waals surface area contributed by atoms with Gasteiger partial charge in [0.15, 0.2) is 5.76 Å². The second kappa shape index (κ2) is 5.33. The summed E-state index contributed by atoms with van der Waals surface area (Å²) in [6.45, 7) is 0. The standard InChI is InChI=1S/C14H11BrN2O4/c15-8-1-3-10-7(5-8)6-11(21-10)14(20)16-9-2-4-12(18)17-13(9)19/h1,3,5-6,9H,2,4H2,(H,16,20)(H,17,18,19). The third-order valence-electron chi connectivity index (χ3n) is 3.25. The van der Waals surface area contributed by atoms with Crippen LogP contribution in [0.1, 0.15) is 23.4 Å². The highest BCUT2D eigenvalue weighted by molar-refractivity contribution is 9.10. The molecule has 3 amide bonds. The Hall–Kier alpha value is -2.15. The van der Waals surface area contributed by atoms with Crippen LogP contribution in [0, 0.1) is 0 Å². The molecule has 1 aliphatic heterocycles. The van der Waals surface area contributed by atoms with E-state index in [0.29, 0.717) is 12.0 Å². The first-order valence-electron chi connectivity index (χ1n) is 6.36. The van der Waals surface area contributed by atoms with Crippen molar-refractivity contribution in [3.8, 4) is 0 Å². The SMILES string of the molecule is O=C1CCC(NC(=O)c2cc3cc(Br)ccc3o2)C(=O)N1. The molecule has 1 fully saturated rings. The summed E-state index contributed by atoms with van der Waals surface area (Å²) in [5, 5.41) is 5.55. The van der Waals surface area contributed by atoms with Crippen molar-refractivity contribution in [1.82, 2.24) is 10.6 Å². The number of halogens is 1. The molecular formula is C14H11BrN2O4. The molecule has 0 bridgehead atoms. The molecule has 3 rings (SSSR count). The first-order valence-corrected chi connectivity index (χ1v) is 7.16. The Bertz CT molecular complexity index is 753. The first-order chi connectivity index (χ1) is 10.0. The molecule has 1 aromatic heterocycles. The van der Waals surface area contributed by atoms with Crippen molar-refractivity contribution in [2.24, 2.45) is 0 Å². The summed E-state index contributed by atoms with van der Waals surface area (Å²) >= 11 is 3.34. The van der Waals surface area contributed by atoms with Crippen molar-refractivity contribution >= 4 is 44.6 Å². The van der Waals surface area contributed by atoms with Crippen LogP contribution >= 0.6 is 15.9 Å². The summed E-state index contributed by atoms with van der Waals surface area (Å²) in [6.07, 6.45) is 0.506. The van der Waals surface area contributed by atoms with E-state index >= 15 is 0 Å². The number of piperidine rings is 1. The largest absolute Gasteiger partial charge is 0.451 e. The number of nitrogens with one attached hydrogen (secondary N) is 2. The summed E-state index contributed by atoms with van der Waals surface area (Å²) in [5.74, 6) is -1.15. The lowest BCUT2D eigenvalue weighted by Gasteiger charge is -2.21.